The standard InChI is InChI=1S/C27H34N4O5S/c1-18-8-6-7-9-23(18)25(32)29-24-11-10-22(16-21(24)17-28)37(34,35)30-19(2)20-12-14-31(15-13-20)26(33)36-27(3,4)5/h6-11,16,19-20,30H,12-15H2,1-5H3,(H,29,32). The first-order valence-electron chi connectivity index (χ1n) is 12.2. The highest BCUT2D eigenvalue weighted by molar-refractivity contribution is 7.89. The molecule has 1 saturated heterocycles. The number of amides is 2. The van der Waals surface area contributed by atoms with Gasteiger partial charge in [-0.3, -0.25) is 4.79 Å². The topological polar surface area (TPSA) is 129 Å². The molecule has 0 aromatic heterocycles. The van der Waals surface area contributed by atoms with Crippen molar-refractivity contribution in [3.8, 4) is 6.07 Å². The molecule has 198 valence electrons. The number of nitrogens with one attached hydrogen (secondary N) is 2. The number of carbonyl (C=O) groups is 2. The zero-order chi connectivity index (χ0) is 27.4. The Morgan fingerprint density at radius 1 is 1.14 bits per heavy atom. The number of ether oxygens (including phenoxy) is 1. The first-order chi connectivity index (χ1) is 17.3. The van der Waals surface area contributed by atoms with Crippen molar-refractivity contribution < 1.29 is 22.7 Å². The zero-order valence-corrected chi connectivity index (χ0v) is 22.7. The number of carbonyl (C=O) groups excluding carboxylic acids is 2. The second-order valence-corrected chi connectivity index (χ2v) is 12.0. The SMILES string of the molecule is Cc1ccccc1C(=O)Nc1ccc(S(=O)(=O)NC(C)C2CCN(C(=O)OC(C)(C)C)CC2)cc1C#N. The van der Waals surface area contributed by atoms with Crippen LogP contribution in [0.2, 0.25) is 0 Å². The van der Waals surface area contributed by atoms with Crippen molar-refractivity contribution in [2.75, 3.05) is 18.4 Å². The van der Waals surface area contributed by atoms with Crippen LogP contribution in [0, 0.1) is 24.2 Å². The molecule has 1 fully saturated rings. The molecule has 10 heteroatoms. The van der Waals surface area contributed by atoms with E-state index in [1.807, 2.05) is 45.9 Å². The fraction of sp³-hybridized carbons (Fsp3) is 0.444. The summed E-state index contributed by atoms with van der Waals surface area (Å²) in [6, 6.07) is 12.7. The number of benzene rings is 2. The van der Waals surface area contributed by atoms with Crippen LogP contribution >= 0.6 is 0 Å². The minimum atomic E-state index is -3.92. The van der Waals surface area contributed by atoms with Crippen LogP contribution in [-0.4, -0.2) is 50.1 Å². The summed E-state index contributed by atoms with van der Waals surface area (Å²) in [6.07, 6.45) is 0.907. The lowest BCUT2D eigenvalue weighted by Gasteiger charge is -2.35. The Balaban J connectivity index is 1.65. The van der Waals surface area contributed by atoms with Crippen LogP contribution in [0.5, 0.6) is 0 Å². The average molecular weight is 527 g/mol. The number of aryl methyl sites for hydroxylation is 1. The van der Waals surface area contributed by atoms with E-state index in [-0.39, 0.29) is 40.1 Å². The molecular weight excluding hydrogens is 492 g/mol. The van der Waals surface area contributed by atoms with Crippen LogP contribution in [0.15, 0.2) is 47.4 Å². The van der Waals surface area contributed by atoms with Gasteiger partial charge in [0.15, 0.2) is 0 Å². The van der Waals surface area contributed by atoms with Crippen LogP contribution in [-0.2, 0) is 14.8 Å². The van der Waals surface area contributed by atoms with E-state index in [2.05, 4.69) is 10.0 Å². The Hall–Kier alpha value is -3.42. The van der Waals surface area contributed by atoms with Gasteiger partial charge in [0.25, 0.3) is 5.91 Å². The lowest BCUT2D eigenvalue weighted by Crippen LogP contribution is -2.46. The normalized spacial score (nSPS) is 15.5. The van der Waals surface area contributed by atoms with E-state index in [0.29, 0.717) is 31.5 Å². The molecule has 1 aliphatic rings. The molecule has 0 radical (unpaired) electrons. The molecule has 2 aromatic rings. The van der Waals surface area contributed by atoms with Gasteiger partial charge in [0, 0.05) is 24.7 Å². The van der Waals surface area contributed by atoms with E-state index in [4.69, 9.17) is 4.74 Å². The number of anilines is 1. The fourth-order valence-electron chi connectivity index (χ4n) is 4.23. The molecule has 37 heavy (non-hydrogen) atoms. The van der Waals surface area contributed by atoms with Crippen molar-refractivity contribution in [3.05, 3.63) is 59.2 Å². The number of sulfonamides is 1. The molecule has 1 unspecified atom stereocenters. The summed E-state index contributed by atoms with van der Waals surface area (Å²) in [6.45, 7) is 10.0. The molecule has 2 amide bonds. The van der Waals surface area contributed by atoms with Crippen molar-refractivity contribution >= 4 is 27.7 Å². The molecule has 1 atom stereocenters. The van der Waals surface area contributed by atoms with E-state index in [9.17, 15) is 23.3 Å². The maximum absolute atomic E-state index is 13.1. The summed E-state index contributed by atoms with van der Waals surface area (Å²) in [7, 11) is -3.92. The van der Waals surface area contributed by atoms with E-state index in [1.165, 1.54) is 18.2 Å². The highest BCUT2D eigenvalue weighted by atomic mass is 32.2. The Bertz CT molecular complexity index is 1300. The van der Waals surface area contributed by atoms with Gasteiger partial charge in [-0.25, -0.2) is 17.9 Å². The van der Waals surface area contributed by atoms with Gasteiger partial charge in [-0.2, -0.15) is 5.26 Å². The smallest absolute Gasteiger partial charge is 0.410 e. The molecular formula is C27H34N4O5S. The van der Waals surface area contributed by atoms with Gasteiger partial charge in [-0.15, -0.1) is 0 Å². The number of piperidine rings is 1. The quantitative estimate of drug-likeness (QED) is 0.573. The third-order valence-corrected chi connectivity index (χ3v) is 7.86. The lowest BCUT2D eigenvalue weighted by molar-refractivity contribution is 0.0174. The summed E-state index contributed by atoms with van der Waals surface area (Å²) in [5.74, 6) is -0.341. The first kappa shape index (κ1) is 28.2. The first-order valence-corrected chi connectivity index (χ1v) is 13.7. The van der Waals surface area contributed by atoms with Gasteiger partial charge < -0.3 is 15.0 Å². The maximum atomic E-state index is 13.1. The second kappa shape index (κ2) is 11.3. The Morgan fingerprint density at radius 3 is 2.38 bits per heavy atom. The Morgan fingerprint density at radius 2 is 1.78 bits per heavy atom. The predicted molar refractivity (Wildman–Crippen MR) is 141 cm³/mol. The third kappa shape index (κ3) is 7.31. The number of nitrogens with zero attached hydrogens (tertiary/aromatic N) is 2. The Kier molecular flexibility index (Phi) is 8.61. The molecule has 0 bridgehead atoms. The predicted octanol–water partition coefficient (Wildman–Crippen LogP) is 4.43. The summed E-state index contributed by atoms with van der Waals surface area (Å²) in [4.78, 5) is 26.5. The number of hydrogen-bond acceptors (Lipinski definition) is 6. The zero-order valence-electron chi connectivity index (χ0n) is 21.9. The van der Waals surface area contributed by atoms with E-state index >= 15 is 0 Å². The largest absolute Gasteiger partial charge is 0.444 e. The van der Waals surface area contributed by atoms with Crippen molar-refractivity contribution in [2.24, 2.45) is 5.92 Å². The molecule has 2 N–H and O–H groups in total. The van der Waals surface area contributed by atoms with Crippen molar-refractivity contribution in [2.45, 2.75) is 64.0 Å². The second-order valence-electron chi connectivity index (χ2n) is 10.3. The highest BCUT2D eigenvalue weighted by Gasteiger charge is 2.31. The number of rotatable bonds is 6. The van der Waals surface area contributed by atoms with Gasteiger partial charge in [-0.05, 0) is 83.2 Å². The van der Waals surface area contributed by atoms with Gasteiger partial charge >= 0.3 is 6.09 Å². The van der Waals surface area contributed by atoms with Crippen LogP contribution < -0.4 is 10.0 Å². The lowest BCUT2D eigenvalue weighted by atomic mass is 9.91. The van der Waals surface area contributed by atoms with E-state index in [1.54, 1.807) is 24.0 Å². The molecule has 2 aromatic carbocycles. The number of nitriles is 1. The minimum absolute atomic E-state index is 0.0385. The summed E-state index contributed by atoms with van der Waals surface area (Å²) >= 11 is 0. The monoisotopic (exact) mass is 526 g/mol. The fourth-order valence-corrected chi connectivity index (χ4v) is 5.57. The summed E-state index contributed by atoms with van der Waals surface area (Å²) in [5, 5.41) is 12.3. The van der Waals surface area contributed by atoms with Gasteiger partial charge in [-0.1, -0.05) is 18.2 Å². The van der Waals surface area contributed by atoms with Crippen LogP contribution in [0.1, 0.15) is 62.0 Å². The molecule has 1 heterocycles. The molecule has 0 spiro atoms. The highest BCUT2D eigenvalue weighted by Crippen LogP contribution is 2.25. The molecule has 9 nitrogen and oxygen atoms in total. The van der Waals surface area contributed by atoms with Gasteiger partial charge in [0.2, 0.25) is 10.0 Å². The van der Waals surface area contributed by atoms with Crippen LogP contribution in [0.25, 0.3) is 0 Å². The van der Waals surface area contributed by atoms with E-state index < -0.39 is 15.6 Å². The van der Waals surface area contributed by atoms with Crippen molar-refractivity contribution in [3.63, 3.8) is 0 Å². The number of likely N-dealkylation sites (tertiary alicyclic amines) is 1. The molecule has 1 aliphatic heterocycles. The van der Waals surface area contributed by atoms with E-state index in [0.717, 1.165) is 5.56 Å². The summed E-state index contributed by atoms with van der Waals surface area (Å²) in [5.41, 5.74) is 0.961. The van der Waals surface area contributed by atoms with Gasteiger partial charge in [0.05, 0.1) is 16.1 Å². The van der Waals surface area contributed by atoms with Crippen LogP contribution in [0.3, 0.4) is 0 Å². The third-order valence-electron chi connectivity index (χ3n) is 6.30. The maximum Gasteiger partial charge on any atom is 0.410 e. The Labute approximate surface area is 218 Å². The van der Waals surface area contributed by atoms with Crippen LogP contribution in [0.4, 0.5) is 10.5 Å². The molecule has 0 saturated carbocycles. The van der Waals surface area contributed by atoms with Crippen molar-refractivity contribution in [1.82, 2.24) is 9.62 Å². The average Bonchev–Trinajstić information content (AvgIpc) is 2.83. The number of hydrogen-bond donors (Lipinski definition) is 2. The summed E-state index contributed by atoms with van der Waals surface area (Å²) < 4.78 is 34.3. The molecule has 3 rings (SSSR count). The van der Waals surface area contributed by atoms with Crippen molar-refractivity contribution in [1.29, 1.82) is 5.26 Å². The minimum Gasteiger partial charge on any atom is -0.444 e. The molecule has 0 aliphatic carbocycles. The van der Waals surface area contributed by atoms with Gasteiger partial charge in [0.1, 0.15) is 11.7 Å².